The summed E-state index contributed by atoms with van der Waals surface area (Å²) >= 11 is 0. The first-order valence-electron chi connectivity index (χ1n) is 8.34. The molecular weight excluding hydrogens is 286 g/mol. The molecule has 23 heavy (non-hydrogen) atoms. The van der Waals surface area contributed by atoms with Crippen molar-refractivity contribution in [2.45, 2.75) is 52.0 Å². The summed E-state index contributed by atoms with van der Waals surface area (Å²) in [5.41, 5.74) is 3.31. The quantitative estimate of drug-likeness (QED) is 0.853. The van der Waals surface area contributed by atoms with Crippen molar-refractivity contribution in [1.82, 2.24) is 9.55 Å². The number of aryl methyl sites for hydroxylation is 2. The highest BCUT2D eigenvalue weighted by Gasteiger charge is 2.14. The summed E-state index contributed by atoms with van der Waals surface area (Å²) in [7, 11) is 0. The van der Waals surface area contributed by atoms with Gasteiger partial charge >= 0.3 is 0 Å². The van der Waals surface area contributed by atoms with Crippen molar-refractivity contribution in [3.05, 3.63) is 59.0 Å². The lowest BCUT2D eigenvalue weighted by molar-refractivity contribution is 0.0953. The predicted molar refractivity (Wildman–Crippen MR) is 90.3 cm³/mol. The topological polar surface area (TPSA) is 47.2 Å². The Morgan fingerprint density at radius 3 is 2.65 bits per heavy atom. The van der Waals surface area contributed by atoms with Crippen molar-refractivity contribution in [2.24, 2.45) is 4.99 Å². The van der Waals surface area contributed by atoms with Crippen molar-refractivity contribution < 1.29 is 4.79 Å². The van der Waals surface area contributed by atoms with Crippen LogP contribution >= 0.6 is 0 Å². The van der Waals surface area contributed by atoms with Crippen LogP contribution in [0.3, 0.4) is 0 Å². The molecule has 1 saturated carbocycles. The molecule has 3 rings (SSSR count). The molecule has 0 aromatic carbocycles. The van der Waals surface area contributed by atoms with Gasteiger partial charge in [0.2, 0.25) is 0 Å². The third-order valence-corrected chi connectivity index (χ3v) is 4.42. The normalized spacial score (nSPS) is 16.5. The van der Waals surface area contributed by atoms with E-state index in [2.05, 4.69) is 4.98 Å². The SMILES string of the molecule is Cc1ccc(C(=O)n2cccc(C)c2=NC2CCCCC2)cn1. The molecular formula is C19H23N3O. The lowest BCUT2D eigenvalue weighted by Crippen LogP contribution is -2.31. The van der Waals surface area contributed by atoms with Gasteiger partial charge < -0.3 is 0 Å². The second-order valence-corrected chi connectivity index (χ2v) is 6.30. The van der Waals surface area contributed by atoms with Crippen molar-refractivity contribution >= 4 is 5.91 Å². The average molecular weight is 309 g/mol. The van der Waals surface area contributed by atoms with Gasteiger partial charge in [-0.15, -0.1) is 0 Å². The lowest BCUT2D eigenvalue weighted by Gasteiger charge is -2.18. The van der Waals surface area contributed by atoms with Gasteiger partial charge in [-0.3, -0.25) is 19.3 Å². The van der Waals surface area contributed by atoms with Gasteiger partial charge in [0, 0.05) is 18.1 Å². The van der Waals surface area contributed by atoms with Crippen LogP contribution in [-0.4, -0.2) is 21.5 Å². The second kappa shape index (κ2) is 6.90. The maximum Gasteiger partial charge on any atom is 0.265 e. The Labute approximate surface area is 136 Å². The first-order valence-corrected chi connectivity index (χ1v) is 8.34. The summed E-state index contributed by atoms with van der Waals surface area (Å²) in [4.78, 5) is 22.0. The van der Waals surface area contributed by atoms with Gasteiger partial charge in [-0.25, -0.2) is 0 Å². The van der Waals surface area contributed by atoms with Gasteiger partial charge in [-0.05, 0) is 50.5 Å². The molecule has 4 nitrogen and oxygen atoms in total. The zero-order valence-corrected chi connectivity index (χ0v) is 13.8. The highest BCUT2D eigenvalue weighted by atomic mass is 16.2. The summed E-state index contributed by atoms with van der Waals surface area (Å²) in [6.45, 7) is 3.93. The average Bonchev–Trinajstić information content (AvgIpc) is 2.58. The summed E-state index contributed by atoms with van der Waals surface area (Å²) in [6, 6.07) is 7.93. The van der Waals surface area contributed by atoms with Crippen molar-refractivity contribution in [1.29, 1.82) is 0 Å². The van der Waals surface area contributed by atoms with Crippen LogP contribution in [0.25, 0.3) is 0 Å². The van der Waals surface area contributed by atoms with E-state index in [1.807, 2.05) is 38.1 Å². The smallest absolute Gasteiger partial charge is 0.265 e. The molecule has 0 aliphatic heterocycles. The van der Waals surface area contributed by atoms with E-state index in [0.717, 1.165) is 29.6 Å². The van der Waals surface area contributed by atoms with E-state index in [0.29, 0.717) is 11.6 Å². The molecule has 0 unspecified atom stereocenters. The molecule has 0 N–H and O–H groups in total. The zero-order chi connectivity index (χ0) is 16.2. The van der Waals surface area contributed by atoms with Gasteiger partial charge in [0.25, 0.3) is 5.91 Å². The van der Waals surface area contributed by atoms with Crippen LogP contribution in [0.2, 0.25) is 0 Å². The summed E-state index contributed by atoms with van der Waals surface area (Å²) in [6.07, 6.45) is 9.44. The molecule has 1 fully saturated rings. The number of nitrogens with zero attached hydrogens (tertiary/aromatic N) is 3. The van der Waals surface area contributed by atoms with Crippen LogP contribution in [0, 0.1) is 13.8 Å². The Bertz CT molecular complexity index is 753. The maximum absolute atomic E-state index is 12.8. The fourth-order valence-corrected chi connectivity index (χ4v) is 3.05. The van der Waals surface area contributed by atoms with Gasteiger partial charge in [0.1, 0.15) is 5.49 Å². The molecule has 0 bridgehead atoms. The molecule has 120 valence electrons. The van der Waals surface area contributed by atoms with Crippen LogP contribution in [0.15, 0.2) is 41.7 Å². The Balaban J connectivity index is 2.02. The largest absolute Gasteiger partial charge is 0.268 e. The van der Waals surface area contributed by atoms with E-state index in [4.69, 9.17) is 4.99 Å². The number of hydrogen-bond acceptors (Lipinski definition) is 3. The van der Waals surface area contributed by atoms with Crippen molar-refractivity contribution in [3.63, 3.8) is 0 Å². The Morgan fingerprint density at radius 2 is 1.96 bits per heavy atom. The highest BCUT2D eigenvalue weighted by Crippen LogP contribution is 2.19. The molecule has 4 heteroatoms. The van der Waals surface area contributed by atoms with Crippen LogP contribution in [0.1, 0.15) is 53.7 Å². The monoisotopic (exact) mass is 309 g/mol. The second-order valence-electron chi connectivity index (χ2n) is 6.30. The third-order valence-electron chi connectivity index (χ3n) is 4.42. The number of pyridine rings is 2. The van der Waals surface area contributed by atoms with Crippen LogP contribution in [0.5, 0.6) is 0 Å². The van der Waals surface area contributed by atoms with Gasteiger partial charge in [-0.2, -0.15) is 0 Å². The Hall–Kier alpha value is -2.23. The fraction of sp³-hybridized carbons (Fsp3) is 0.421. The molecule has 2 aromatic heterocycles. The first kappa shape index (κ1) is 15.7. The minimum atomic E-state index is -0.0734. The molecule has 0 atom stereocenters. The van der Waals surface area contributed by atoms with Crippen molar-refractivity contribution in [3.8, 4) is 0 Å². The van der Waals surface area contributed by atoms with Gasteiger partial charge in [-0.1, -0.05) is 25.3 Å². The molecule has 2 heterocycles. The standard InChI is InChI=1S/C19H23N3O/c1-14-7-6-12-22(18(14)21-17-8-4-3-5-9-17)19(23)16-11-10-15(2)20-13-16/h6-7,10-13,17H,3-5,8-9H2,1-2H3. The Morgan fingerprint density at radius 1 is 1.17 bits per heavy atom. The molecule has 0 spiro atoms. The lowest BCUT2D eigenvalue weighted by atomic mass is 9.96. The minimum Gasteiger partial charge on any atom is -0.268 e. The van der Waals surface area contributed by atoms with E-state index in [-0.39, 0.29) is 5.91 Å². The van der Waals surface area contributed by atoms with Crippen LogP contribution in [0.4, 0.5) is 0 Å². The van der Waals surface area contributed by atoms with Crippen molar-refractivity contribution in [2.75, 3.05) is 0 Å². The van der Waals surface area contributed by atoms with E-state index in [1.54, 1.807) is 17.0 Å². The van der Waals surface area contributed by atoms with Gasteiger partial charge in [0.15, 0.2) is 0 Å². The summed E-state index contributed by atoms with van der Waals surface area (Å²) in [5.74, 6) is -0.0734. The highest BCUT2D eigenvalue weighted by molar-refractivity contribution is 5.95. The number of carbonyl (C=O) groups is 1. The number of carbonyl (C=O) groups excluding carboxylic acids is 1. The number of rotatable bonds is 2. The summed E-state index contributed by atoms with van der Waals surface area (Å²) in [5, 5.41) is 0. The predicted octanol–water partition coefficient (Wildman–Crippen LogP) is 3.42. The van der Waals surface area contributed by atoms with E-state index in [1.165, 1.54) is 19.3 Å². The Kier molecular flexibility index (Phi) is 4.70. The molecule has 2 aromatic rings. The molecule has 1 aliphatic carbocycles. The molecule has 1 aliphatic rings. The molecule has 0 radical (unpaired) electrons. The van der Waals surface area contributed by atoms with E-state index < -0.39 is 0 Å². The van der Waals surface area contributed by atoms with Crippen LogP contribution in [-0.2, 0) is 0 Å². The third kappa shape index (κ3) is 3.58. The van der Waals surface area contributed by atoms with Crippen LogP contribution < -0.4 is 5.49 Å². The maximum atomic E-state index is 12.8. The molecule has 0 saturated heterocycles. The summed E-state index contributed by atoms with van der Waals surface area (Å²) < 4.78 is 1.66. The van der Waals surface area contributed by atoms with Gasteiger partial charge in [0.05, 0.1) is 11.6 Å². The minimum absolute atomic E-state index is 0.0734. The van der Waals surface area contributed by atoms with E-state index in [9.17, 15) is 4.79 Å². The zero-order valence-electron chi connectivity index (χ0n) is 13.8. The first-order chi connectivity index (χ1) is 11.1. The molecule has 0 amide bonds. The van der Waals surface area contributed by atoms with E-state index >= 15 is 0 Å². The fourth-order valence-electron chi connectivity index (χ4n) is 3.05. The number of hydrogen-bond donors (Lipinski definition) is 0. The number of aromatic nitrogens is 2.